The van der Waals surface area contributed by atoms with Crippen molar-refractivity contribution in [1.82, 2.24) is 9.78 Å². The predicted octanol–water partition coefficient (Wildman–Crippen LogP) is 4.74. The number of rotatable bonds is 3. The zero-order valence-corrected chi connectivity index (χ0v) is 12.7. The fraction of sp³-hybridized carbons (Fsp3) is 0.150. The maximum Gasteiger partial charge on any atom is 0.100 e. The van der Waals surface area contributed by atoms with Gasteiger partial charge in [0.05, 0.1) is 0 Å². The molecule has 108 valence electrons. The standard InChI is InChI=1S/C20H18N2/c1-15-6-8-16(9-7-15)12-13-22-14-18-11-10-17-4-2-3-5-19(17)20(18)21-22/h2-11,14H,12-13H2,1H3. The Kier molecular flexibility index (Phi) is 3.15. The maximum atomic E-state index is 4.79. The summed E-state index contributed by atoms with van der Waals surface area (Å²) >= 11 is 0. The van der Waals surface area contributed by atoms with Crippen molar-refractivity contribution in [1.29, 1.82) is 0 Å². The third kappa shape index (κ3) is 2.37. The Balaban J connectivity index is 1.65. The molecular formula is C20H18N2. The first-order chi connectivity index (χ1) is 10.8. The van der Waals surface area contributed by atoms with Gasteiger partial charge in [0, 0.05) is 23.5 Å². The summed E-state index contributed by atoms with van der Waals surface area (Å²) < 4.78 is 2.07. The SMILES string of the molecule is Cc1ccc(CCn2cc3ccc4ccccc4c3n2)cc1. The Bertz CT molecular complexity index is 933. The summed E-state index contributed by atoms with van der Waals surface area (Å²) in [5.41, 5.74) is 3.76. The van der Waals surface area contributed by atoms with Gasteiger partial charge in [0.2, 0.25) is 0 Å². The molecule has 0 saturated heterocycles. The van der Waals surface area contributed by atoms with E-state index in [0.29, 0.717) is 0 Å². The number of hydrogen-bond acceptors (Lipinski definition) is 1. The van der Waals surface area contributed by atoms with Gasteiger partial charge in [0.15, 0.2) is 0 Å². The van der Waals surface area contributed by atoms with E-state index < -0.39 is 0 Å². The van der Waals surface area contributed by atoms with Crippen LogP contribution in [-0.2, 0) is 13.0 Å². The van der Waals surface area contributed by atoms with Crippen LogP contribution in [0, 0.1) is 6.92 Å². The first-order valence-electron chi connectivity index (χ1n) is 7.70. The maximum absolute atomic E-state index is 4.79. The predicted molar refractivity (Wildman–Crippen MR) is 92.1 cm³/mol. The van der Waals surface area contributed by atoms with Gasteiger partial charge in [0.1, 0.15) is 5.52 Å². The molecule has 0 aliphatic rings. The third-order valence-corrected chi connectivity index (χ3v) is 4.20. The molecule has 0 fully saturated rings. The quantitative estimate of drug-likeness (QED) is 0.532. The van der Waals surface area contributed by atoms with Crippen molar-refractivity contribution in [3.8, 4) is 0 Å². The van der Waals surface area contributed by atoms with Crippen LogP contribution in [0.4, 0.5) is 0 Å². The smallest absolute Gasteiger partial charge is 0.100 e. The monoisotopic (exact) mass is 286 g/mol. The number of benzene rings is 3. The number of fused-ring (bicyclic) bond motifs is 3. The van der Waals surface area contributed by atoms with Crippen molar-refractivity contribution in [2.24, 2.45) is 0 Å². The highest BCUT2D eigenvalue weighted by Gasteiger charge is 2.05. The van der Waals surface area contributed by atoms with Crippen molar-refractivity contribution in [2.45, 2.75) is 19.9 Å². The number of aromatic nitrogens is 2. The average molecular weight is 286 g/mol. The van der Waals surface area contributed by atoms with Crippen LogP contribution in [0.3, 0.4) is 0 Å². The molecule has 4 aromatic rings. The fourth-order valence-corrected chi connectivity index (χ4v) is 2.92. The second-order valence-corrected chi connectivity index (χ2v) is 5.85. The lowest BCUT2D eigenvalue weighted by Crippen LogP contribution is -2.01. The van der Waals surface area contributed by atoms with Gasteiger partial charge < -0.3 is 0 Å². The summed E-state index contributed by atoms with van der Waals surface area (Å²) in [5, 5.41) is 8.48. The van der Waals surface area contributed by atoms with Crippen LogP contribution in [0.25, 0.3) is 21.7 Å². The van der Waals surface area contributed by atoms with Crippen LogP contribution in [0.2, 0.25) is 0 Å². The van der Waals surface area contributed by atoms with Crippen LogP contribution in [0.1, 0.15) is 11.1 Å². The van der Waals surface area contributed by atoms with E-state index in [2.05, 4.69) is 78.5 Å². The molecule has 0 saturated carbocycles. The van der Waals surface area contributed by atoms with Crippen molar-refractivity contribution in [3.63, 3.8) is 0 Å². The lowest BCUT2D eigenvalue weighted by atomic mass is 10.1. The molecule has 0 radical (unpaired) electrons. The summed E-state index contributed by atoms with van der Waals surface area (Å²) in [6, 6.07) is 21.5. The van der Waals surface area contributed by atoms with E-state index in [1.165, 1.54) is 27.3 Å². The highest BCUT2D eigenvalue weighted by molar-refractivity contribution is 6.04. The molecule has 2 heteroatoms. The molecule has 2 nitrogen and oxygen atoms in total. The molecule has 0 aliphatic heterocycles. The highest BCUT2D eigenvalue weighted by Crippen LogP contribution is 2.23. The van der Waals surface area contributed by atoms with Crippen molar-refractivity contribution < 1.29 is 0 Å². The van der Waals surface area contributed by atoms with Gasteiger partial charge in [-0.1, -0.05) is 66.2 Å². The molecule has 1 aromatic heterocycles. The van der Waals surface area contributed by atoms with Crippen molar-refractivity contribution >= 4 is 21.7 Å². The minimum atomic E-state index is 0.909. The molecule has 0 spiro atoms. The molecular weight excluding hydrogens is 268 g/mol. The van der Waals surface area contributed by atoms with Crippen molar-refractivity contribution in [2.75, 3.05) is 0 Å². The number of hydrogen-bond donors (Lipinski definition) is 0. The highest BCUT2D eigenvalue weighted by atomic mass is 15.3. The van der Waals surface area contributed by atoms with E-state index in [9.17, 15) is 0 Å². The molecule has 0 atom stereocenters. The molecule has 0 N–H and O–H groups in total. The molecule has 0 bridgehead atoms. The summed E-state index contributed by atoms with van der Waals surface area (Å²) in [6.07, 6.45) is 3.15. The zero-order chi connectivity index (χ0) is 14.9. The Morgan fingerprint density at radius 3 is 2.50 bits per heavy atom. The lowest BCUT2D eigenvalue weighted by molar-refractivity contribution is 0.621. The van der Waals surface area contributed by atoms with E-state index in [1.54, 1.807) is 0 Å². The molecule has 3 aromatic carbocycles. The van der Waals surface area contributed by atoms with Gasteiger partial charge in [-0.05, 0) is 24.3 Å². The van der Waals surface area contributed by atoms with Crippen LogP contribution >= 0.6 is 0 Å². The van der Waals surface area contributed by atoms with Crippen LogP contribution in [0.5, 0.6) is 0 Å². The molecule has 0 amide bonds. The van der Waals surface area contributed by atoms with Crippen LogP contribution < -0.4 is 0 Å². The Morgan fingerprint density at radius 2 is 1.64 bits per heavy atom. The van der Waals surface area contributed by atoms with Gasteiger partial charge in [-0.2, -0.15) is 5.10 Å². The lowest BCUT2D eigenvalue weighted by Gasteiger charge is -2.02. The van der Waals surface area contributed by atoms with Crippen molar-refractivity contribution in [3.05, 3.63) is 78.0 Å². The van der Waals surface area contributed by atoms with E-state index in [-0.39, 0.29) is 0 Å². The normalized spacial score (nSPS) is 11.3. The van der Waals surface area contributed by atoms with E-state index in [4.69, 9.17) is 5.10 Å². The Hall–Kier alpha value is -2.61. The Labute approximate surface area is 130 Å². The molecule has 0 aliphatic carbocycles. The minimum Gasteiger partial charge on any atom is -0.271 e. The average Bonchev–Trinajstić information content (AvgIpc) is 2.98. The summed E-state index contributed by atoms with van der Waals surface area (Å²) in [6.45, 7) is 3.03. The largest absolute Gasteiger partial charge is 0.271 e. The second kappa shape index (κ2) is 5.30. The van der Waals surface area contributed by atoms with E-state index in [1.807, 2.05) is 0 Å². The van der Waals surface area contributed by atoms with Crippen LogP contribution in [-0.4, -0.2) is 9.78 Å². The second-order valence-electron chi connectivity index (χ2n) is 5.85. The van der Waals surface area contributed by atoms with Gasteiger partial charge in [0.25, 0.3) is 0 Å². The first kappa shape index (κ1) is 13.1. The van der Waals surface area contributed by atoms with Gasteiger partial charge in [-0.25, -0.2) is 0 Å². The molecule has 0 unspecified atom stereocenters. The summed E-state index contributed by atoms with van der Waals surface area (Å²) in [5.74, 6) is 0. The molecule has 1 heterocycles. The minimum absolute atomic E-state index is 0.909. The summed E-state index contributed by atoms with van der Waals surface area (Å²) in [4.78, 5) is 0. The van der Waals surface area contributed by atoms with E-state index >= 15 is 0 Å². The first-order valence-corrected chi connectivity index (χ1v) is 7.70. The number of aryl methyl sites for hydroxylation is 3. The van der Waals surface area contributed by atoms with Crippen LogP contribution in [0.15, 0.2) is 66.9 Å². The van der Waals surface area contributed by atoms with Gasteiger partial charge in [-0.3, -0.25) is 4.68 Å². The van der Waals surface area contributed by atoms with Gasteiger partial charge in [-0.15, -0.1) is 0 Å². The van der Waals surface area contributed by atoms with Gasteiger partial charge >= 0.3 is 0 Å². The molecule has 4 rings (SSSR count). The zero-order valence-electron chi connectivity index (χ0n) is 12.7. The van der Waals surface area contributed by atoms with E-state index in [0.717, 1.165) is 18.5 Å². The Morgan fingerprint density at radius 1 is 0.864 bits per heavy atom. The molecule has 22 heavy (non-hydrogen) atoms. The number of nitrogens with zero attached hydrogens (tertiary/aromatic N) is 2. The topological polar surface area (TPSA) is 17.8 Å². The third-order valence-electron chi connectivity index (χ3n) is 4.20. The summed E-state index contributed by atoms with van der Waals surface area (Å²) in [7, 11) is 0. The fourth-order valence-electron chi connectivity index (χ4n) is 2.92.